The molecule has 2 aromatic rings. The Hall–Kier alpha value is -5.33. The Morgan fingerprint density at radius 1 is 0.880 bits per heavy atom. The summed E-state index contributed by atoms with van der Waals surface area (Å²) in [4.78, 5) is 62.2. The number of carbonyl (C=O) groups is 5. The lowest BCUT2D eigenvalue weighted by Crippen LogP contribution is -2.61. The molecule has 14 nitrogen and oxygen atoms in total. The van der Waals surface area contributed by atoms with E-state index in [1.165, 1.54) is 26.2 Å². The van der Waals surface area contributed by atoms with E-state index in [1.54, 1.807) is 36.4 Å². The van der Waals surface area contributed by atoms with Crippen LogP contribution in [0.2, 0.25) is 0 Å². The second kappa shape index (κ2) is 16.4. The van der Waals surface area contributed by atoms with E-state index in [4.69, 9.17) is 28.4 Å². The molecule has 0 bridgehead atoms. The summed E-state index contributed by atoms with van der Waals surface area (Å²) in [5, 5.41) is 24.8. The molecule has 2 aliphatic heterocycles. The number of hydrogen-bond donors (Lipinski definition) is 2. The van der Waals surface area contributed by atoms with Crippen molar-refractivity contribution in [2.75, 3.05) is 13.7 Å². The number of dihydropyridines is 1. The van der Waals surface area contributed by atoms with Gasteiger partial charge < -0.3 is 38.8 Å². The number of allylic oxidation sites excluding steroid dienone is 2. The molecule has 0 aromatic heterocycles. The van der Waals surface area contributed by atoms with Crippen LogP contribution in [0.5, 0.6) is 11.5 Å². The van der Waals surface area contributed by atoms with E-state index in [0.29, 0.717) is 16.8 Å². The number of hydrogen-bond acceptors (Lipinski definition) is 15. The predicted octanol–water partition coefficient (Wildman–Crippen LogP) is 3.64. The number of aromatic hydroxyl groups is 1. The molecule has 2 aliphatic rings. The molecular formula is C35H36N2O12S. The van der Waals surface area contributed by atoms with Crippen LogP contribution in [-0.2, 0) is 47.7 Å². The number of phenols is 1. The Balaban J connectivity index is 1.93. The predicted molar refractivity (Wildman–Crippen MR) is 177 cm³/mol. The van der Waals surface area contributed by atoms with Gasteiger partial charge in [0, 0.05) is 33.3 Å². The van der Waals surface area contributed by atoms with Gasteiger partial charge in [0.15, 0.2) is 41.0 Å². The molecule has 15 heteroatoms. The molecular weight excluding hydrogens is 672 g/mol. The van der Waals surface area contributed by atoms with Gasteiger partial charge in [0.05, 0.1) is 35.4 Å². The summed E-state index contributed by atoms with van der Waals surface area (Å²) in [6.07, 6.45) is -5.46. The van der Waals surface area contributed by atoms with Gasteiger partial charge >= 0.3 is 23.9 Å². The smallest absolute Gasteiger partial charge is 0.303 e. The second-order valence-corrected chi connectivity index (χ2v) is 12.3. The molecule has 0 spiro atoms. The zero-order valence-corrected chi connectivity index (χ0v) is 28.9. The first kappa shape index (κ1) is 37.5. The van der Waals surface area contributed by atoms with E-state index in [0.717, 1.165) is 39.5 Å². The van der Waals surface area contributed by atoms with E-state index < -0.39 is 66.3 Å². The minimum absolute atomic E-state index is 0.0392. The van der Waals surface area contributed by atoms with Crippen LogP contribution < -0.4 is 10.1 Å². The van der Waals surface area contributed by atoms with Gasteiger partial charge in [0.2, 0.25) is 0 Å². The third kappa shape index (κ3) is 8.63. The van der Waals surface area contributed by atoms with E-state index in [9.17, 15) is 34.3 Å². The van der Waals surface area contributed by atoms with Crippen LogP contribution in [0.3, 0.4) is 0 Å². The zero-order valence-electron chi connectivity index (χ0n) is 28.1. The Labute approximate surface area is 292 Å². The number of nitrogens with one attached hydrogen (secondary N) is 1. The third-order valence-electron chi connectivity index (χ3n) is 7.61. The Bertz CT molecular complexity index is 1770. The van der Waals surface area contributed by atoms with Crippen molar-refractivity contribution in [3.63, 3.8) is 0 Å². The van der Waals surface area contributed by atoms with Gasteiger partial charge in [-0.05, 0) is 30.2 Å². The van der Waals surface area contributed by atoms with Gasteiger partial charge in [-0.1, -0.05) is 48.2 Å². The van der Waals surface area contributed by atoms with Crippen LogP contribution in [0, 0.1) is 11.3 Å². The maximum atomic E-state index is 13.4. The van der Waals surface area contributed by atoms with Crippen molar-refractivity contribution >= 4 is 47.1 Å². The highest BCUT2D eigenvalue weighted by molar-refractivity contribution is 8.03. The lowest BCUT2D eigenvalue weighted by atomic mass is 9.79. The summed E-state index contributed by atoms with van der Waals surface area (Å²) in [5.74, 6) is -4.46. The number of ketones is 1. The van der Waals surface area contributed by atoms with Crippen LogP contribution in [0.1, 0.15) is 51.7 Å². The van der Waals surface area contributed by atoms with Crippen molar-refractivity contribution in [2.24, 2.45) is 0 Å². The number of Topliss-reactive ketones (excluding diaryl/α,β-unsaturated/α-hetero) is 1. The maximum absolute atomic E-state index is 13.4. The molecule has 1 fully saturated rings. The van der Waals surface area contributed by atoms with Crippen molar-refractivity contribution in [3.8, 4) is 17.6 Å². The highest BCUT2D eigenvalue weighted by Gasteiger charge is 2.53. The number of carbonyl (C=O) groups excluding carboxylic acids is 5. The minimum atomic E-state index is -1.44. The van der Waals surface area contributed by atoms with Gasteiger partial charge in [0.25, 0.3) is 0 Å². The summed E-state index contributed by atoms with van der Waals surface area (Å²) in [6.45, 7) is 5.44. The average Bonchev–Trinajstić information content (AvgIpc) is 3.05. The molecule has 0 aliphatic carbocycles. The molecule has 264 valence electrons. The number of thioether (sulfide) groups is 1. The highest BCUT2D eigenvalue weighted by atomic mass is 32.2. The van der Waals surface area contributed by atoms with E-state index in [2.05, 4.69) is 11.4 Å². The SMILES string of the molecule is COc1ccc(C2C(C#N)=C(S[C@@H]3O[C@H](COC(C)=O)[C@H](OC(C)=O)[C@H](OC(C)=O)[C@H]3OC(C)=O)NC(c3ccccc3)=C2C(C)=O)cc1O. The summed E-state index contributed by atoms with van der Waals surface area (Å²) in [7, 11) is 1.39. The standard InChI is InChI=1S/C35H36N2O12S/c1-17(38)28-29(23-12-13-26(44-6)25(43)14-23)24(15-36)34(37-30(28)22-10-8-7-9-11-22)50-35-33(48-21(5)42)32(47-20(4)41)31(46-19(3)40)27(49-35)16-45-18(2)39/h7-14,27,29,31-33,35,37,43H,16H2,1-6H3/t27-,29?,31+,32+,33-,35+/m1/s1. The first-order valence-corrected chi connectivity index (χ1v) is 16.2. The third-order valence-corrected chi connectivity index (χ3v) is 8.78. The number of nitrogens with zero attached hydrogens (tertiary/aromatic N) is 1. The molecule has 0 amide bonds. The largest absolute Gasteiger partial charge is 0.504 e. The fraction of sp³-hybridized carbons (Fsp3) is 0.371. The number of phenolic OH excluding ortho intramolecular Hbond substituents is 1. The van der Waals surface area contributed by atoms with E-state index >= 15 is 0 Å². The highest BCUT2D eigenvalue weighted by Crippen LogP contribution is 2.47. The average molecular weight is 709 g/mol. The van der Waals surface area contributed by atoms with Crippen molar-refractivity contribution in [1.29, 1.82) is 5.26 Å². The van der Waals surface area contributed by atoms with Crippen LogP contribution >= 0.6 is 11.8 Å². The fourth-order valence-electron chi connectivity index (χ4n) is 5.71. The fourth-order valence-corrected chi connectivity index (χ4v) is 6.93. The molecule has 2 aromatic carbocycles. The summed E-state index contributed by atoms with van der Waals surface area (Å²) < 4.78 is 33.4. The first-order chi connectivity index (χ1) is 23.7. The van der Waals surface area contributed by atoms with Crippen molar-refractivity contribution in [1.82, 2.24) is 5.32 Å². The Kier molecular flexibility index (Phi) is 12.3. The van der Waals surface area contributed by atoms with Gasteiger partial charge in [-0.25, -0.2) is 0 Å². The minimum Gasteiger partial charge on any atom is -0.504 e. The van der Waals surface area contributed by atoms with Crippen LogP contribution in [0.15, 0.2) is 64.7 Å². The normalized spacial score (nSPS) is 23.1. The second-order valence-electron chi connectivity index (χ2n) is 11.2. The molecule has 0 saturated carbocycles. The van der Waals surface area contributed by atoms with Gasteiger partial charge in [-0.2, -0.15) is 5.26 Å². The molecule has 2 N–H and O–H groups in total. The van der Waals surface area contributed by atoms with Gasteiger partial charge in [-0.3, -0.25) is 24.0 Å². The Morgan fingerprint density at radius 2 is 1.50 bits per heavy atom. The molecule has 0 radical (unpaired) electrons. The number of benzene rings is 2. The van der Waals surface area contributed by atoms with E-state index in [1.807, 2.05) is 0 Å². The molecule has 50 heavy (non-hydrogen) atoms. The number of ether oxygens (including phenoxy) is 6. The molecule has 1 unspecified atom stereocenters. The monoisotopic (exact) mass is 708 g/mol. The Morgan fingerprint density at radius 3 is 2.04 bits per heavy atom. The lowest BCUT2D eigenvalue weighted by Gasteiger charge is -2.44. The number of methoxy groups -OCH3 is 1. The topological polar surface area (TPSA) is 197 Å². The number of rotatable bonds is 11. The lowest BCUT2D eigenvalue weighted by molar-refractivity contribution is -0.237. The van der Waals surface area contributed by atoms with Crippen LogP contribution in [0.25, 0.3) is 5.70 Å². The van der Waals surface area contributed by atoms with Crippen molar-refractivity contribution < 1.29 is 57.5 Å². The first-order valence-electron chi connectivity index (χ1n) is 15.3. The van der Waals surface area contributed by atoms with Crippen LogP contribution in [0.4, 0.5) is 0 Å². The molecule has 2 heterocycles. The van der Waals surface area contributed by atoms with Crippen LogP contribution in [-0.4, -0.2) is 78.3 Å². The molecule has 6 atom stereocenters. The maximum Gasteiger partial charge on any atom is 0.303 e. The molecule has 1 saturated heterocycles. The molecule has 4 rings (SSSR count). The summed E-state index contributed by atoms with van der Waals surface area (Å²) in [5.41, 5.74) is 0.324. The zero-order chi connectivity index (χ0) is 36.7. The van der Waals surface area contributed by atoms with E-state index in [-0.39, 0.29) is 33.5 Å². The number of esters is 4. The summed E-state index contributed by atoms with van der Waals surface area (Å²) >= 11 is 0.878. The van der Waals surface area contributed by atoms with Gasteiger partial charge in [0.1, 0.15) is 12.7 Å². The van der Waals surface area contributed by atoms with Crippen molar-refractivity contribution in [2.45, 2.75) is 70.4 Å². The number of nitriles is 1. The quantitative estimate of drug-likeness (QED) is 0.253. The summed E-state index contributed by atoms with van der Waals surface area (Å²) in [6, 6.07) is 15.6. The van der Waals surface area contributed by atoms with Gasteiger partial charge in [-0.15, -0.1) is 0 Å². The van der Waals surface area contributed by atoms with Crippen molar-refractivity contribution in [3.05, 3.63) is 75.8 Å².